The molecule has 0 unspecified atom stereocenters. The third-order valence-corrected chi connectivity index (χ3v) is 3.70. The van der Waals surface area contributed by atoms with Gasteiger partial charge in [-0.2, -0.15) is 0 Å². The lowest BCUT2D eigenvalue weighted by Crippen LogP contribution is -2.41. The molecule has 100 valence electrons. The number of carbonyl (C=O) groups excluding carboxylic acids is 2. The van der Waals surface area contributed by atoms with Gasteiger partial charge < -0.3 is 0 Å². The van der Waals surface area contributed by atoms with E-state index < -0.39 is 15.7 Å². The SMILES string of the molecule is CCc1nc(Br)sc1NC(=O)NC(=O)C(Cl)(Cl)Cl. The Hall–Kier alpha value is -0.0800. The normalized spacial score (nSPS) is 11.2. The lowest BCUT2D eigenvalue weighted by molar-refractivity contribution is -0.119. The van der Waals surface area contributed by atoms with Gasteiger partial charge in [-0.3, -0.25) is 15.4 Å². The number of anilines is 1. The maximum absolute atomic E-state index is 11.5. The van der Waals surface area contributed by atoms with Crippen molar-refractivity contribution in [2.45, 2.75) is 17.1 Å². The van der Waals surface area contributed by atoms with E-state index in [1.54, 1.807) is 0 Å². The van der Waals surface area contributed by atoms with Crippen molar-refractivity contribution in [2.24, 2.45) is 0 Å². The molecular weight excluding hydrogens is 388 g/mol. The monoisotopic (exact) mass is 393 g/mol. The second kappa shape index (κ2) is 6.38. The summed E-state index contributed by atoms with van der Waals surface area (Å²) >= 11 is 20.4. The van der Waals surface area contributed by atoms with E-state index >= 15 is 0 Å². The molecule has 2 N–H and O–H groups in total. The maximum atomic E-state index is 11.5. The first kappa shape index (κ1) is 16.0. The quantitative estimate of drug-likeness (QED) is 0.753. The summed E-state index contributed by atoms with van der Waals surface area (Å²) in [7, 11) is 0. The van der Waals surface area contributed by atoms with Gasteiger partial charge in [-0.15, -0.1) is 0 Å². The molecule has 0 bridgehead atoms. The van der Waals surface area contributed by atoms with Gasteiger partial charge >= 0.3 is 6.03 Å². The number of hydrogen-bond acceptors (Lipinski definition) is 4. The second-order valence-corrected chi connectivity index (χ2v) is 7.56. The van der Waals surface area contributed by atoms with Crippen LogP contribution in [0.3, 0.4) is 0 Å². The summed E-state index contributed by atoms with van der Waals surface area (Å²) in [5, 5.41) is 4.90. The fourth-order valence-electron chi connectivity index (χ4n) is 0.968. The number of carbonyl (C=O) groups is 2. The molecule has 0 fully saturated rings. The summed E-state index contributed by atoms with van der Waals surface area (Å²) in [5.41, 5.74) is 0.698. The van der Waals surface area contributed by atoms with Crippen LogP contribution in [0.1, 0.15) is 12.6 Å². The van der Waals surface area contributed by atoms with E-state index in [-0.39, 0.29) is 0 Å². The lowest BCUT2D eigenvalue weighted by atomic mass is 10.3. The zero-order valence-electron chi connectivity index (χ0n) is 8.89. The molecule has 0 aliphatic carbocycles. The average Bonchev–Trinajstić information content (AvgIpc) is 2.56. The molecule has 1 rings (SSSR count). The number of nitrogens with one attached hydrogen (secondary N) is 2. The first-order valence-corrected chi connectivity index (χ1v) is 7.32. The smallest absolute Gasteiger partial charge is 0.297 e. The van der Waals surface area contributed by atoms with E-state index in [0.29, 0.717) is 21.0 Å². The van der Waals surface area contributed by atoms with Gasteiger partial charge in [0.1, 0.15) is 5.00 Å². The highest BCUT2D eigenvalue weighted by molar-refractivity contribution is 9.11. The fourth-order valence-corrected chi connectivity index (χ4v) is 2.59. The molecular formula is C8H7BrCl3N3O2S. The number of alkyl halides is 3. The number of nitrogens with zero attached hydrogens (tertiary/aromatic N) is 1. The van der Waals surface area contributed by atoms with E-state index in [1.165, 1.54) is 11.3 Å². The zero-order chi connectivity index (χ0) is 13.9. The Morgan fingerprint density at radius 1 is 1.44 bits per heavy atom. The Bertz CT molecular complexity index is 475. The average molecular weight is 395 g/mol. The van der Waals surface area contributed by atoms with Crippen LogP contribution in [0.25, 0.3) is 0 Å². The van der Waals surface area contributed by atoms with Gasteiger partial charge in [-0.1, -0.05) is 53.1 Å². The summed E-state index contributed by atoms with van der Waals surface area (Å²) in [5.74, 6) is -1.02. The van der Waals surface area contributed by atoms with Gasteiger partial charge in [0.05, 0.1) is 5.69 Å². The first-order valence-electron chi connectivity index (χ1n) is 4.58. The van der Waals surface area contributed by atoms with Crippen LogP contribution in [0, 0.1) is 0 Å². The van der Waals surface area contributed by atoms with Gasteiger partial charge in [0.15, 0.2) is 3.92 Å². The van der Waals surface area contributed by atoms with Crippen LogP contribution < -0.4 is 10.6 Å². The number of urea groups is 1. The minimum Gasteiger partial charge on any atom is -0.297 e. The Morgan fingerprint density at radius 3 is 2.56 bits per heavy atom. The minimum absolute atomic E-state index is 0.527. The van der Waals surface area contributed by atoms with Crippen molar-refractivity contribution in [2.75, 3.05) is 5.32 Å². The summed E-state index contributed by atoms with van der Waals surface area (Å²) < 4.78 is -1.55. The van der Waals surface area contributed by atoms with Crippen LogP contribution >= 0.6 is 62.1 Å². The van der Waals surface area contributed by atoms with Crippen LogP contribution in [-0.4, -0.2) is 20.7 Å². The molecule has 18 heavy (non-hydrogen) atoms. The summed E-state index contributed by atoms with van der Waals surface area (Å²) in [4.78, 5) is 26.9. The molecule has 1 aromatic heterocycles. The lowest BCUT2D eigenvalue weighted by Gasteiger charge is -2.10. The molecule has 1 aromatic rings. The highest BCUT2D eigenvalue weighted by atomic mass is 79.9. The van der Waals surface area contributed by atoms with Crippen LogP contribution in [0.5, 0.6) is 0 Å². The molecule has 0 aliphatic heterocycles. The third kappa shape index (κ3) is 4.55. The Morgan fingerprint density at radius 2 is 2.06 bits per heavy atom. The zero-order valence-corrected chi connectivity index (χ0v) is 13.6. The number of hydrogen-bond donors (Lipinski definition) is 2. The molecule has 0 aromatic carbocycles. The summed E-state index contributed by atoms with van der Waals surface area (Å²) in [6.07, 6.45) is 0.635. The van der Waals surface area contributed by atoms with E-state index in [0.717, 1.165) is 0 Å². The van der Waals surface area contributed by atoms with Crippen LogP contribution in [-0.2, 0) is 11.2 Å². The predicted molar refractivity (Wildman–Crippen MR) is 76.6 cm³/mol. The molecule has 3 amide bonds. The van der Waals surface area contributed by atoms with Crippen molar-refractivity contribution in [1.29, 1.82) is 0 Å². The fraction of sp³-hybridized carbons (Fsp3) is 0.375. The summed E-state index contributed by atoms with van der Waals surface area (Å²) in [6.45, 7) is 1.89. The number of aryl methyl sites for hydroxylation is 1. The van der Waals surface area contributed by atoms with E-state index in [1.807, 2.05) is 12.2 Å². The molecule has 0 saturated carbocycles. The van der Waals surface area contributed by atoms with Gasteiger partial charge in [-0.05, 0) is 22.4 Å². The van der Waals surface area contributed by atoms with Crippen LogP contribution in [0.2, 0.25) is 0 Å². The number of amides is 3. The number of halogens is 4. The highest BCUT2D eigenvalue weighted by Crippen LogP contribution is 2.29. The first-order chi connectivity index (χ1) is 8.24. The maximum Gasteiger partial charge on any atom is 0.326 e. The van der Waals surface area contributed by atoms with E-state index in [4.69, 9.17) is 34.8 Å². The van der Waals surface area contributed by atoms with Crippen molar-refractivity contribution < 1.29 is 9.59 Å². The molecule has 10 heteroatoms. The van der Waals surface area contributed by atoms with Crippen molar-refractivity contribution in [3.63, 3.8) is 0 Å². The minimum atomic E-state index is -2.18. The van der Waals surface area contributed by atoms with Gasteiger partial charge in [-0.25, -0.2) is 9.78 Å². The third-order valence-electron chi connectivity index (χ3n) is 1.72. The largest absolute Gasteiger partial charge is 0.326 e. The van der Waals surface area contributed by atoms with Gasteiger partial charge in [0.25, 0.3) is 9.70 Å². The summed E-state index contributed by atoms with van der Waals surface area (Å²) in [6, 6.07) is -0.780. The molecule has 0 saturated heterocycles. The topological polar surface area (TPSA) is 71.1 Å². The number of rotatable bonds is 2. The molecule has 5 nitrogen and oxygen atoms in total. The van der Waals surface area contributed by atoms with Crippen LogP contribution in [0.4, 0.5) is 9.80 Å². The van der Waals surface area contributed by atoms with E-state index in [2.05, 4.69) is 26.2 Å². The highest BCUT2D eigenvalue weighted by Gasteiger charge is 2.32. The standard InChI is InChI=1S/C8H7BrCl3N3O2S/c1-2-3-4(18-6(9)13-3)14-7(17)15-5(16)8(10,11)12/h2H2,1H3,(H2,14,15,16,17). The molecule has 0 aliphatic rings. The van der Waals surface area contributed by atoms with Crippen molar-refractivity contribution in [3.05, 3.63) is 9.61 Å². The number of aromatic nitrogens is 1. The number of thiazole rings is 1. The molecule has 0 spiro atoms. The van der Waals surface area contributed by atoms with Crippen molar-refractivity contribution in [3.8, 4) is 0 Å². The Labute approximate surface area is 130 Å². The predicted octanol–water partition coefficient (Wildman–Crippen LogP) is 3.49. The molecule has 0 atom stereocenters. The Balaban J connectivity index is 2.68. The Kier molecular flexibility index (Phi) is 5.67. The second-order valence-electron chi connectivity index (χ2n) is 3.00. The van der Waals surface area contributed by atoms with E-state index in [9.17, 15) is 9.59 Å². The van der Waals surface area contributed by atoms with Gasteiger partial charge in [0.2, 0.25) is 0 Å². The van der Waals surface area contributed by atoms with Crippen molar-refractivity contribution in [1.82, 2.24) is 10.3 Å². The van der Waals surface area contributed by atoms with Crippen LogP contribution in [0.15, 0.2) is 3.92 Å². The van der Waals surface area contributed by atoms with Gasteiger partial charge in [0, 0.05) is 0 Å². The van der Waals surface area contributed by atoms with Crippen molar-refractivity contribution >= 4 is 79.0 Å². The molecule has 1 heterocycles. The molecule has 0 radical (unpaired) electrons. The number of imide groups is 1.